The van der Waals surface area contributed by atoms with E-state index in [2.05, 4.69) is 23.5 Å². The van der Waals surface area contributed by atoms with Crippen LogP contribution in [0.15, 0.2) is 29.2 Å². The molecule has 12 heteroatoms. The summed E-state index contributed by atoms with van der Waals surface area (Å²) in [6, 6.07) is 5.85. The van der Waals surface area contributed by atoms with Gasteiger partial charge in [0.1, 0.15) is 0 Å². The predicted molar refractivity (Wildman–Crippen MR) is 150 cm³/mol. The van der Waals surface area contributed by atoms with Crippen LogP contribution in [-0.2, 0) is 10.0 Å². The number of hydrogen-bond acceptors (Lipinski definition) is 3. The molecule has 5 nitrogen and oxygen atoms in total. The van der Waals surface area contributed by atoms with Gasteiger partial charge in [0.15, 0.2) is 15.7 Å². The molecule has 0 fully saturated rings. The SMILES string of the molecule is CCCCCCCCCCCCCC(F)(CCCCCCC)NS(=O)(=O)c1ccccc1[N+]#N.F[B-](F)(F)F. The Hall–Kier alpha value is -1.74. The zero-order valence-electron chi connectivity index (χ0n) is 23.6. The lowest BCUT2D eigenvalue weighted by molar-refractivity contribution is 0.114. The maximum absolute atomic E-state index is 15.9. The van der Waals surface area contributed by atoms with E-state index < -0.39 is 23.1 Å². The van der Waals surface area contributed by atoms with Crippen LogP contribution in [0.4, 0.5) is 27.3 Å². The molecule has 0 aromatic heterocycles. The molecule has 1 N–H and O–H groups in total. The number of benzene rings is 1. The van der Waals surface area contributed by atoms with E-state index in [1.165, 1.54) is 63.1 Å². The second kappa shape index (κ2) is 21.1. The van der Waals surface area contributed by atoms with Crippen LogP contribution >= 0.6 is 0 Å². The lowest BCUT2D eigenvalue weighted by Crippen LogP contribution is -2.44. The first-order valence-corrected chi connectivity index (χ1v) is 15.9. The van der Waals surface area contributed by atoms with Crippen molar-refractivity contribution in [2.24, 2.45) is 0 Å². The molecule has 0 saturated carbocycles. The van der Waals surface area contributed by atoms with Gasteiger partial charge >= 0.3 is 12.9 Å². The Kier molecular flexibility index (Phi) is 20.1. The van der Waals surface area contributed by atoms with Crippen molar-refractivity contribution in [2.45, 2.75) is 140 Å². The summed E-state index contributed by atoms with van der Waals surface area (Å²) in [6.07, 6.45) is 17.9. The van der Waals surface area contributed by atoms with Crippen molar-refractivity contribution in [2.75, 3.05) is 0 Å². The topological polar surface area (TPSA) is 74.3 Å². The lowest BCUT2D eigenvalue weighted by Gasteiger charge is -2.26. The van der Waals surface area contributed by atoms with Crippen molar-refractivity contribution in [3.63, 3.8) is 0 Å². The molecule has 0 aliphatic rings. The number of nitrogens with zero attached hydrogens (tertiary/aromatic N) is 2. The average molecular weight is 584 g/mol. The molecule has 0 bridgehead atoms. The number of unbranched alkanes of at least 4 members (excludes halogenated alkanes) is 14. The standard InChI is InChI=1S/C27H47FN3O2S.BF4/c1-3-5-7-9-10-11-12-13-14-16-20-24-27(28,23-19-15-8-6-4-2)31-34(32,33)26-22-18-17-21-25(26)30-29;2-1(3,4)5/h17-18,21-22,31H,3-16,19-20,23-24H2,1-2H3;/q+1;-1. The number of sulfonamides is 1. The smallest absolute Gasteiger partial charge is 0.418 e. The van der Waals surface area contributed by atoms with Gasteiger partial charge in [-0.25, -0.2) is 12.8 Å². The second-order valence-corrected chi connectivity index (χ2v) is 11.7. The van der Waals surface area contributed by atoms with Crippen LogP contribution in [-0.4, -0.2) is 21.5 Å². The lowest BCUT2D eigenvalue weighted by atomic mass is 9.98. The van der Waals surface area contributed by atoms with Crippen LogP contribution < -0.4 is 4.72 Å². The summed E-state index contributed by atoms with van der Waals surface area (Å²) in [5, 5.41) is 9.16. The van der Waals surface area contributed by atoms with Gasteiger partial charge in [-0.15, -0.1) is 0 Å². The Morgan fingerprint density at radius 2 is 1.10 bits per heavy atom. The molecule has 1 rings (SSSR count). The molecule has 0 spiro atoms. The molecule has 1 aromatic rings. The molecule has 0 amide bonds. The van der Waals surface area contributed by atoms with E-state index in [0.717, 1.165) is 44.9 Å². The second-order valence-electron chi connectivity index (χ2n) is 10.1. The summed E-state index contributed by atoms with van der Waals surface area (Å²) < 4.78 is 83.1. The average Bonchev–Trinajstić information content (AvgIpc) is 2.86. The van der Waals surface area contributed by atoms with Crippen LogP contribution in [0.3, 0.4) is 0 Å². The molecule has 0 aliphatic carbocycles. The zero-order valence-corrected chi connectivity index (χ0v) is 24.4. The number of diazo groups is 1. The van der Waals surface area contributed by atoms with Crippen LogP contribution in [0, 0.1) is 5.39 Å². The van der Waals surface area contributed by atoms with Gasteiger partial charge in [0, 0.05) is 6.07 Å². The molecule has 1 atom stereocenters. The Balaban J connectivity index is 0.00000263. The molecule has 1 aromatic carbocycles. The molecule has 0 heterocycles. The van der Waals surface area contributed by atoms with Gasteiger partial charge in [-0.2, -0.15) is 4.72 Å². The third-order valence-corrected chi connectivity index (χ3v) is 7.99. The predicted octanol–water partition coefficient (Wildman–Crippen LogP) is 10.5. The van der Waals surface area contributed by atoms with Gasteiger partial charge < -0.3 is 17.3 Å². The molecule has 39 heavy (non-hydrogen) atoms. The quantitative estimate of drug-likeness (QED) is 0.0514. The third-order valence-electron chi connectivity index (χ3n) is 6.43. The van der Waals surface area contributed by atoms with E-state index in [0.29, 0.717) is 12.8 Å². The third kappa shape index (κ3) is 20.8. The maximum Gasteiger partial charge on any atom is 0.673 e. The minimum absolute atomic E-state index is 0.0880. The van der Waals surface area contributed by atoms with Gasteiger partial charge in [0.25, 0.3) is 10.0 Å². The summed E-state index contributed by atoms with van der Waals surface area (Å²) in [5.41, 5.74) is -0.0880. The van der Waals surface area contributed by atoms with Crippen LogP contribution in [0.1, 0.15) is 129 Å². The summed E-state index contributed by atoms with van der Waals surface area (Å²) in [7, 11) is -10.2. The summed E-state index contributed by atoms with van der Waals surface area (Å²) in [5.74, 6) is -1.99. The van der Waals surface area contributed by atoms with Gasteiger partial charge in [0.05, 0.1) is 0 Å². The summed E-state index contributed by atoms with van der Waals surface area (Å²) in [6.45, 7) is 4.36. The van der Waals surface area contributed by atoms with Gasteiger partial charge in [-0.3, -0.25) is 0 Å². The van der Waals surface area contributed by atoms with E-state index in [-0.39, 0.29) is 23.4 Å². The van der Waals surface area contributed by atoms with E-state index in [1.807, 2.05) is 0 Å². The number of halogens is 5. The van der Waals surface area contributed by atoms with Crippen LogP contribution in [0.2, 0.25) is 0 Å². The normalized spacial score (nSPS) is 13.3. The van der Waals surface area contributed by atoms with Gasteiger partial charge in [-0.1, -0.05) is 116 Å². The van der Waals surface area contributed by atoms with E-state index >= 15 is 4.39 Å². The summed E-state index contributed by atoms with van der Waals surface area (Å²) in [4.78, 5) is 2.85. The minimum atomic E-state index is -6.00. The van der Waals surface area contributed by atoms with Crippen LogP contribution in [0.5, 0.6) is 0 Å². The Morgan fingerprint density at radius 3 is 1.49 bits per heavy atom. The van der Waals surface area contributed by atoms with Crippen molar-refractivity contribution in [3.8, 4) is 0 Å². The monoisotopic (exact) mass is 583 g/mol. The largest absolute Gasteiger partial charge is 0.673 e. The number of hydrogen-bond donors (Lipinski definition) is 1. The highest BCUT2D eigenvalue weighted by Crippen LogP contribution is 2.30. The van der Waals surface area contributed by atoms with Crippen molar-refractivity contribution >= 4 is 23.0 Å². The van der Waals surface area contributed by atoms with Crippen molar-refractivity contribution in [1.29, 1.82) is 5.39 Å². The molecule has 226 valence electrons. The fourth-order valence-corrected chi connectivity index (χ4v) is 5.81. The molecular formula is C27H47BF5N3O2S. The first kappa shape index (κ1) is 37.3. The minimum Gasteiger partial charge on any atom is -0.418 e. The van der Waals surface area contributed by atoms with E-state index in [1.54, 1.807) is 6.07 Å². The van der Waals surface area contributed by atoms with Crippen LogP contribution in [0.25, 0.3) is 4.98 Å². The molecular weight excluding hydrogens is 536 g/mol. The Morgan fingerprint density at radius 1 is 0.744 bits per heavy atom. The van der Waals surface area contributed by atoms with Crippen molar-refractivity contribution in [3.05, 3.63) is 29.2 Å². The first-order valence-electron chi connectivity index (χ1n) is 14.4. The fourth-order valence-electron chi connectivity index (χ4n) is 4.37. The Bertz CT molecular complexity index is 907. The van der Waals surface area contributed by atoms with Crippen molar-refractivity contribution < 1.29 is 30.1 Å². The van der Waals surface area contributed by atoms with E-state index in [9.17, 15) is 25.7 Å². The number of rotatable bonds is 21. The number of nitrogens with one attached hydrogen (secondary N) is 1. The summed E-state index contributed by atoms with van der Waals surface area (Å²) >= 11 is 0. The first-order chi connectivity index (χ1) is 18.4. The fraction of sp³-hybridized carbons (Fsp3) is 0.778. The molecule has 0 radical (unpaired) electrons. The maximum atomic E-state index is 15.9. The van der Waals surface area contributed by atoms with Crippen molar-refractivity contribution in [1.82, 2.24) is 4.72 Å². The molecule has 0 aliphatic heterocycles. The van der Waals surface area contributed by atoms with E-state index in [4.69, 9.17) is 5.39 Å². The van der Waals surface area contributed by atoms with Gasteiger partial charge in [-0.05, 0) is 31.7 Å². The highest BCUT2D eigenvalue weighted by atomic mass is 32.2. The number of alkyl halides is 1. The molecule has 1 unspecified atom stereocenters. The highest BCUT2D eigenvalue weighted by molar-refractivity contribution is 7.89. The van der Waals surface area contributed by atoms with Gasteiger partial charge in [0.2, 0.25) is 5.39 Å². The zero-order chi connectivity index (χ0) is 29.6. The molecule has 0 saturated heterocycles. The Labute approximate surface area is 232 Å². The highest BCUT2D eigenvalue weighted by Gasteiger charge is 2.37.